The van der Waals surface area contributed by atoms with E-state index in [0.29, 0.717) is 24.6 Å². The topological polar surface area (TPSA) is 56.8 Å². The van der Waals surface area contributed by atoms with Gasteiger partial charge >= 0.3 is 6.18 Å². The van der Waals surface area contributed by atoms with Crippen molar-refractivity contribution < 1.29 is 22.8 Å². The van der Waals surface area contributed by atoms with Crippen LogP contribution in [0.2, 0.25) is 0 Å². The van der Waals surface area contributed by atoms with Gasteiger partial charge < -0.3 is 14.7 Å². The smallest absolute Gasteiger partial charge is 0.341 e. The minimum absolute atomic E-state index is 0.0979. The third-order valence-corrected chi connectivity index (χ3v) is 11.2. The van der Waals surface area contributed by atoms with E-state index in [9.17, 15) is 22.8 Å². The Morgan fingerprint density at radius 1 is 0.863 bits per heavy atom. The molecule has 2 fully saturated rings. The molecule has 2 aliphatic rings. The van der Waals surface area contributed by atoms with Crippen molar-refractivity contribution in [2.24, 2.45) is 5.92 Å². The molecule has 0 bridgehead atoms. The van der Waals surface area contributed by atoms with Crippen LogP contribution in [0.1, 0.15) is 51.9 Å². The van der Waals surface area contributed by atoms with Gasteiger partial charge in [-0.05, 0) is 91.7 Å². The van der Waals surface area contributed by atoms with Crippen molar-refractivity contribution in [2.45, 2.75) is 48.4 Å². The van der Waals surface area contributed by atoms with Crippen LogP contribution in [0.4, 0.5) is 13.2 Å². The number of aromatic nitrogens is 1. The molecule has 6 nitrogen and oxygen atoms in total. The first-order valence-corrected chi connectivity index (χ1v) is 18.8. The first kappa shape index (κ1) is 36.8. The van der Waals surface area contributed by atoms with Crippen LogP contribution in [0.3, 0.4) is 0 Å². The van der Waals surface area contributed by atoms with E-state index >= 15 is 0 Å². The summed E-state index contributed by atoms with van der Waals surface area (Å²) in [5.74, 6) is 0.0416. The van der Waals surface area contributed by atoms with E-state index in [1.807, 2.05) is 77.7 Å². The molecule has 0 spiro atoms. The standard InChI is InChI=1S/C41H42F3IN4O2/c42-41(43,44)35-18-13-30(14-19-35)15-20-37(50)49(29-31-11-16-33(17-12-31)36-10-4-5-23-46-36)39(38(45)34-8-2-1-3-9-34)40(51)48-26-21-32(22-27-48)28-47-24-6-7-25-47/h1-5,8-20,23,32,38-39H,6-7,21-22,24-29H2. The second-order valence-corrected chi connectivity index (χ2v) is 14.7. The number of benzene rings is 3. The van der Waals surface area contributed by atoms with E-state index in [4.69, 9.17) is 0 Å². The zero-order chi connectivity index (χ0) is 35.8. The maximum atomic E-state index is 14.7. The van der Waals surface area contributed by atoms with E-state index in [2.05, 4.69) is 32.5 Å². The minimum Gasteiger partial charge on any atom is -0.341 e. The fourth-order valence-corrected chi connectivity index (χ4v) is 8.07. The molecule has 0 saturated carbocycles. The van der Waals surface area contributed by atoms with Crippen LogP contribution >= 0.6 is 22.6 Å². The number of amides is 2. The summed E-state index contributed by atoms with van der Waals surface area (Å²) in [6.45, 7) is 4.79. The van der Waals surface area contributed by atoms with Gasteiger partial charge in [0.15, 0.2) is 0 Å². The molecule has 0 radical (unpaired) electrons. The van der Waals surface area contributed by atoms with E-state index in [1.165, 1.54) is 37.1 Å². The van der Waals surface area contributed by atoms with Crippen LogP contribution in [0.15, 0.2) is 109 Å². The van der Waals surface area contributed by atoms with Gasteiger partial charge in [0.05, 0.1) is 15.2 Å². The molecule has 3 aromatic carbocycles. The molecule has 6 rings (SSSR count). The number of likely N-dealkylation sites (tertiary alicyclic amines) is 2. The van der Waals surface area contributed by atoms with E-state index in [-0.39, 0.29) is 16.4 Å². The van der Waals surface area contributed by atoms with Crippen LogP contribution < -0.4 is 0 Å². The molecule has 266 valence electrons. The third kappa shape index (κ3) is 9.65. The molecule has 2 unspecified atom stereocenters. The van der Waals surface area contributed by atoms with Gasteiger partial charge in [0.2, 0.25) is 11.8 Å². The highest BCUT2D eigenvalue weighted by Crippen LogP contribution is 2.35. The number of hydrogen-bond acceptors (Lipinski definition) is 4. The van der Waals surface area contributed by atoms with Crippen LogP contribution in [0, 0.1) is 5.92 Å². The quantitative estimate of drug-likeness (QED) is 0.0866. The van der Waals surface area contributed by atoms with E-state index < -0.39 is 23.7 Å². The Kier molecular flexibility index (Phi) is 12.2. The number of carbonyl (C=O) groups excluding carboxylic acids is 2. The maximum Gasteiger partial charge on any atom is 0.416 e. The number of piperidine rings is 1. The van der Waals surface area contributed by atoms with Crippen LogP contribution in [-0.4, -0.2) is 70.3 Å². The van der Waals surface area contributed by atoms with Crippen molar-refractivity contribution in [1.29, 1.82) is 0 Å². The highest BCUT2D eigenvalue weighted by atomic mass is 127. The lowest BCUT2D eigenvalue weighted by Crippen LogP contribution is -2.54. The van der Waals surface area contributed by atoms with Crippen molar-refractivity contribution in [1.82, 2.24) is 19.7 Å². The van der Waals surface area contributed by atoms with Gasteiger partial charge in [0, 0.05) is 44.0 Å². The monoisotopic (exact) mass is 806 g/mol. The van der Waals surface area contributed by atoms with E-state index in [0.717, 1.165) is 67.0 Å². The van der Waals surface area contributed by atoms with Crippen LogP contribution in [0.25, 0.3) is 17.3 Å². The summed E-state index contributed by atoms with van der Waals surface area (Å²) < 4.78 is 39.2. The molecule has 2 saturated heterocycles. The molecule has 4 aromatic rings. The second-order valence-electron chi connectivity index (χ2n) is 13.4. The van der Waals surface area contributed by atoms with Crippen LogP contribution in [-0.2, 0) is 22.3 Å². The van der Waals surface area contributed by atoms with Gasteiger partial charge in [0.1, 0.15) is 6.04 Å². The zero-order valence-corrected chi connectivity index (χ0v) is 30.5. The Labute approximate surface area is 311 Å². The van der Waals surface area contributed by atoms with Gasteiger partial charge in [-0.15, -0.1) is 0 Å². The lowest BCUT2D eigenvalue weighted by atomic mass is 9.94. The lowest BCUT2D eigenvalue weighted by Gasteiger charge is -2.40. The molecule has 3 heterocycles. The predicted molar refractivity (Wildman–Crippen MR) is 203 cm³/mol. The molecular formula is C41H42F3IN4O2. The molecule has 2 aliphatic heterocycles. The Morgan fingerprint density at radius 3 is 2.16 bits per heavy atom. The van der Waals surface area contributed by atoms with Crippen molar-refractivity contribution in [3.05, 3.63) is 132 Å². The van der Waals surface area contributed by atoms with Gasteiger partial charge in [-0.2, -0.15) is 13.2 Å². The fourth-order valence-electron chi connectivity index (χ4n) is 6.96. The highest BCUT2D eigenvalue weighted by molar-refractivity contribution is 14.1. The summed E-state index contributed by atoms with van der Waals surface area (Å²) in [6.07, 6.45) is 4.49. The average Bonchev–Trinajstić information content (AvgIpc) is 3.67. The van der Waals surface area contributed by atoms with Crippen LogP contribution in [0.5, 0.6) is 0 Å². The highest BCUT2D eigenvalue weighted by Gasteiger charge is 2.39. The first-order valence-electron chi connectivity index (χ1n) is 17.5. The Hall–Kier alpha value is -4.03. The SMILES string of the molecule is O=C(C(C(I)c1ccccc1)N(Cc1ccc(-c2ccccn2)cc1)C(=O)C=Cc1ccc(C(F)(F)F)cc1)N1CCC(CN2CCCC2)CC1. The average molecular weight is 807 g/mol. The maximum absolute atomic E-state index is 14.7. The van der Waals surface area contributed by atoms with Gasteiger partial charge in [-0.3, -0.25) is 14.6 Å². The van der Waals surface area contributed by atoms with Gasteiger partial charge in [-0.25, -0.2) is 0 Å². The minimum atomic E-state index is -4.45. The fraction of sp³-hybridized carbons (Fsp3) is 0.341. The molecule has 10 heteroatoms. The molecule has 0 N–H and O–H groups in total. The number of halogens is 4. The molecule has 1 aromatic heterocycles. The van der Waals surface area contributed by atoms with Crippen molar-refractivity contribution in [3.8, 4) is 11.3 Å². The summed E-state index contributed by atoms with van der Waals surface area (Å²) in [5.41, 5.74) is 3.22. The number of pyridine rings is 1. The number of nitrogens with zero attached hydrogens (tertiary/aromatic N) is 4. The number of hydrogen-bond donors (Lipinski definition) is 0. The molecule has 0 aliphatic carbocycles. The normalized spacial score (nSPS) is 17.1. The largest absolute Gasteiger partial charge is 0.416 e. The lowest BCUT2D eigenvalue weighted by molar-refractivity contribution is -0.145. The molecule has 51 heavy (non-hydrogen) atoms. The third-order valence-electron chi connectivity index (χ3n) is 9.83. The predicted octanol–water partition coefficient (Wildman–Crippen LogP) is 8.69. The Morgan fingerprint density at radius 2 is 1.53 bits per heavy atom. The summed E-state index contributed by atoms with van der Waals surface area (Å²) in [4.78, 5) is 39.6. The second kappa shape index (κ2) is 17.0. The molecular weight excluding hydrogens is 764 g/mol. The zero-order valence-electron chi connectivity index (χ0n) is 28.4. The number of alkyl halides is 4. The summed E-state index contributed by atoms with van der Waals surface area (Å²) in [6, 6.07) is 27.1. The van der Waals surface area contributed by atoms with Gasteiger partial charge in [0.25, 0.3) is 0 Å². The van der Waals surface area contributed by atoms with Crippen molar-refractivity contribution >= 4 is 40.5 Å². The number of rotatable bonds is 11. The number of carbonyl (C=O) groups is 2. The molecule has 2 amide bonds. The van der Waals surface area contributed by atoms with Crippen molar-refractivity contribution in [2.75, 3.05) is 32.7 Å². The Balaban J connectivity index is 1.30. The van der Waals surface area contributed by atoms with Crippen molar-refractivity contribution in [3.63, 3.8) is 0 Å². The summed E-state index contributed by atoms with van der Waals surface area (Å²) in [5, 5.41) is 0. The summed E-state index contributed by atoms with van der Waals surface area (Å²) in [7, 11) is 0. The van der Waals surface area contributed by atoms with Gasteiger partial charge in [-0.1, -0.05) is 95.4 Å². The van der Waals surface area contributed by atoms with E-state index in [1.54, 1.807) is 11.1 Å². The summed E-state index contributed by atoms with van der Waals surface area (Å²) >= 11 is 2.29. The Bertz CT molecular complexity index is 1760. The first-order chi connectivity index (χ1) is 24.7. The molecule has 2 atom stereocenters.